The smallest absolute Gasteiger partial charge is 0.147 e. The lowest BCUT2D eigenvalue weighted by atomic mass is 10.1. The number of aliphatic hydroxyl groups excluding tert-OH is 1. The van der Waals surface area contributed by atoms with Gasteiger partial charge in [0.2, 0.25) is 0 Å². The van der Waals surface area contributed by atoms with Gasteiger partial charge in [-0.3, -0.25) is 0 Å². The van der Waals surface area contributed by atoms with Crippen molar-refractivity contribution in [3.05, 3.63) is 58.1 Å². The molecule has 0 amide bonds. The van der Waals surface area contributed by atoms with Crippen molar-refractivity contribution >= 4 is 23.2 Å². The highest BCUT2D eigenvalue weighted by atomic mass is 35.5. The van der Waals surface area contributed by atoms with Gasteiger partial charge >= 0.3 is 0 Å². The van der Waals surface area contributed by atoms with Gasteiger partial charge in [-0.15, -0.1) is 0 Å². The Balaban J connectivity index is 2.17. The maximum Gasteiger partial charge on any atom is 0.147 e. The third-order valence-corrected chi connectivity index (χ3v) is 3.32. The lowest BCUT2D eigenvalue weighted by molar-refractivity contribution is 0.173. The quantitative estimate of drug-likeness (QED) is 0.837. The van der Waals surface area contributed by atoms with Crippen LogP contribution in [0.15, 0.2) is 42.5 Å². The molecule has 1 unspecified atom stereocenters. The van der Waals surface area contributed by atoms with Crippen LogP contribution in [0.5, 0.6) is 11.5 Å². The molecule has 0 aliphatic rings. The molecule has 2 nitrogen and oxygen atoms in total. The molecule has 1 N–H and O–H groups in total. The van der Waals surface area contributed by atoms with Gasteiger partial charge in [-0.25, -0.2) is 0 Å². The van der Waals surface area contributed by atoms with Crippen LogP contribution in [0.4, 0.5) is 0 Å². The van der Waals surface area contributed by atoms with Crippen LogP contribution in [-0.2, 0) is 0 Å². The van der Waals surface area contributed by atoms with E-state index in [-0.39, 0.29) is 0 Å². The maximum atomic E-state index is 9.71. The standard InChI is InChI=1S/C15H14Cl2O2/c1-2-14(18)10-3-6-12(7-4-10)19-15-9-11(16)5-8-13(15)17/h3-9,14,18H,2H2,1H3. The van der Waals surface area contributed by atoms with Crippen LogP contribution >= 0.6 is 23.2 Å². The average Bonchev–Trinajstić information content (AvgIpc) is 2.43. The van der Waals surface area contributed by atoms with Gasteiger partial charge in [-0.2, -0.15) is 0 Å². The Morgan fingerprint density at radius 3 is 2.42 bits per heavy atom. The summed E-state index contributed by atoms with van der Waals surface area (Å²) in [5, 5.41) is 10.8. The van der Waals surface area contributed by atoms with Crippen molar-refractivity contribution in [2.75, 3.05) is 0 Å². The highest BCUT2D eigenvalue weighted by Gasteiger charge is 2.07. The Bertz CT molecular complexity index is 553. The molecule has 0 aromatic heterocycles. The van der Waals surface area contributed by atoms with E-state index in [4.69, 9.17) is 27.9 Å². The fourth-order valence-corrected chi connectivity index (χ4v) is 1.99. The van der Waals surface area contributed by atoms with E-state index in [1.165, 1.54) is 0 Å². The Labute approximate surface area is 122 Å². The van der Waals surface area contributed by atoms with Crippen molar-refractivity contribution < 1.29 is 9.84 Å². The molecule has 19 heavy (non-hydrogen) atoms. The molecule has 2 aromatic rings. The molecule has 0 spiro atoms. The SMILES string of the molecule is CCC(O)c1ccc(Oc2cc(Cl)ccc2Cl)cc1. The largest absolute Gasteiger partial charge is 0.456 e. The molecule has 2 aromatic carbocycles. The minimum Gasteiger partial charge on any atom is -0.456 e. The Morgan fingerprint density at radius 1 is 1.11 bits per heavy atom. The minimum atomic E-state index is -0.441. The first-order valence-electron chi connectivity index (χ1n) is 6.01. The van der Waals surface area contributed by atoms with Gasteiger partial charge in [-0.1, -0.05) is 42.3 Å². The molecule has 0 saturated heterocycles. The van der Waals surface area contributed by atoms with Crippen molar-refractivity contribution in [2.24, 2.45) is 0 Å². The number of halogens is 2. The number of ether oxygens (including phenoxy) is 1. The van der Waals surface area contributed by atoms with Gasteiger partial charge in [0.15, 0.2) is 0 Å². The normalized spacial score (nSPS) is 12.2. The van der Waals surface area contributed by atoms with E-state index < -0.39 is 6.10 Å². The number of aliphatic hydroxyl groups is 1. The molecular weight excluding hydrogens is 283 g/mol. The molecule has 0 heterocycles. The molecule has 1 atom stereocenters. The zero-order valence-electron chi connectivity index (χ0n) is 10.4. The molecule has 0 aliphatic heterocycles. The topological polar surface area (TPSA) is 29.5 Å². The Morgan fingerprint density at radius 2 is 1.79 bits per heavy atom. The first-order chi connectivity index (χ1) is 9.10. The van der Waals surface area contributed by atoms with E-state index in [1.807, 2.05) is 19.1 Å². The predicted molar refractivity (Wildman–Crippen MR) is 78.2 cm³/mol. The zero-order valence-corrected chi connectivity index (χ0v) is 11.9. The van der Waals surface area contributed by atoms with E-state index >= 15 is 0 Å². The number of hydrogen-bond donors (Lipinski definition) is 1. The van der Waals surface area contributed by atoms with Crippen LogP contribution in [0.2, 0.25) is 10.0 Å². The molecule has 4 heteroatoms. The Hall–Kier alpha value is -1.22. The third-order valence-electron chi connectivity index (χ3n) is 2.77. The van der Waals surface area contributed by atoms with Gasteiger partial charge in [0.1, 0.15) is 11.5 Å². The van der Waals surface area contributed by atoms with Crippen molar-refractivity contribution in [1.29, 1.82) is 0 Å². The highest BCUT2D eigenvalue weighted by Crippen LogP contribution is 2.32. The fourth-order valence-electron chi connectivity index (χ4n) is 1.68. The summed E-state index contributed by atoms with van der Waals surface area (Å²) in [6.45, 7) is 1.93. The number of rotatable bonds is 4. The van der Waals surface area contributed by atoms with E-state index in [0.29, 0.717) is 28.0 Å². The molecule has 0 bridgehead atoms. The molecule has 0 aliphatic carbocycles. The van der Waals surface area contributed by atoms with E-state index in [1.54, 1.807) is 30.3 Å². The van der Waals surface area contributed by atoms with Gasteiger partial charge in [0.05, 0.1) is 11.1 Å². The van der Waals surface area contributed by atoms with Crippen molar-refractivity contribution in [1.82, 2.24) is 0 Å². The fraction of sp³-hybridized carbons (Fsp3) is 0.200. The van der Waals surface area contributed by atoms with Crippen LogP contribution in [0.1, 0.15) is 25.0 Å². The average molecular weight is 297 g/mol. The highest BCUT2D eigenvalue weighted by molar-refractivity contribution is 6.34. The van der Waals surface area contributed by atoms with Gasteiger partial charge in [-0.05, 0) is 36.2 Å². The van der Waals surface area contributed by atoms with Crippen LogP contribution in [-0.4, -0.2) is 5.11 Å². The molecule has 100 valence electrons. The van der Waals surface area contributed by atoms with E-state index in [0.717, 1.165) is 5.56 Å². The van der Waals surface area contributed by atoms with E-state index in [9.17, 15) is 5.11 Å². The van der Waals surface area contributed by atoms with E-state index in [2.05, 4.69) is 0 Å². The van der Waals surface area contributed by atoms with Crippen LogP contribution in [0, 0.1) is 0 Å². The summed E-state index contributed by atoms with van der Waals surface area (Å²) in [5.41, 5.74) is 0.868. The van der Waals surface area contributed by atoms with Crippen LogP contribution in [0.3, 0.4) is 0 Å². The molecule has 0 radical (unpaired) electrons. The molecule has 0 saturated carbocycles. The number of benzene rings is 2. The summed E-state index contributed by atoms with van der Waals surface area (Å²) in [7, 11) is 0. The summed E-state index contributed by atoms with van der Waals surface area (Å²) >= 11 is 11.9. The molecule has 2 rings (SSSR count). The van der Waals surface area contributed by atoms with Crippen LogP contribution < -0.4 is 4.74 Å². The summed E-state index contributed by atoms with van der Waals surface area (Å²) in [6, 6.07) is 12.3. The van der Waals surface area contributed by atoms with Crippen molar-refractivity contribution in [2.45, 2.75) is 19.4 Å². The van der Waals surface area contributed by atoms with Gasteiger partial charge in [0.25, 0.3) is 0 Å². The second kappa shape index (κ2) is 6.29. The Kier molecular flexibility index (Phi) is 4.70. The first kappa shape index (κ1) is 14.2. The maximum absolute atomic E-state index is 9.71. The second-order valence-corrected chi connectivity index (χ2v) is 5.01. The van der Waals surface area contributed by atoms with Crippen molar-refractivity contribution in [3.63, 3.8) is 0 Å². The predicted octanol–water partition coefficient (Wildman–Crippen LogP) is 5.23. The number of hydrogen-bond acceptors (Lipinski definition) is 2. The molecular formula is C15H14Cl2O2. The van der Waals surface area contributed by atoms with Gasteiger partial charge < -0.3 is 9.84 Å². The first-order valence-corrected chi connectivity index (χ1v) is 6.76. The van der Waals surface area contributed by atoms with Gasteiger partial charge in [0, 0.05) is 11.1 Å². The summed E-state index contributed by atoms with van der Waals surface area (Å²) < 4.78 is 5.66. The third kappa shape index (κ3) is 3.63. The lowest BCUT2D eigenvalue weighted by Crippen LogP contribution is -1.94. The summed E-state index contributed by atoms with van der Waals surface area (Å²) in [4.78, 5) is 0. The second-order valence-electron chi connectivity index (χ2n) is 4.17. The minimum absolute atomic E-state index is 0.441. The lowest BCUT2D eigenvalue weighted by Gasteiger charge is -2.11. The van der Waals surface area contributed by atoms with Crippen molar-refractivity contribution in [3.8, 4) is 11.5 Å². The molecule has 0 fully saturated rings. The monoisotopic (exact) mass is 296 g/mol. The van der Waals surface area contributed by atoms with Crippen LogP contribution in [0.25, 0.3) is 0 Å². The summed E-state index contributed by atoms with van der Waals surface area (Å²) in [6.07, 6.45) is 0.240. The summed E-state index contributed by atoms with van der Waals surface area (Å²) in [5.74, 6) is 1.16. The zero-order chi connectivity index (χ0) is 13.8.